The maximum Gasteiger partial charge on any atom is 0.416 e. The Morgan fingerprint density at radius 1 is 1.17 bits per heavy atom. The second kappa shape index (κ2) is 6.41. The average molecular weight is 343 g/mol. The second-order valence-electron chi connectivity index (χ2n) is 4.64. The van der Waals surface area contributed by atoms with Gasteiger partial charge in [0.15, 0.2) is 0 Å². The van der Waals surface area contributed by atoms with Crippen LogP contribution in [0.4, 0.5) is 18.2 Å². The highest BCUT2D eigenvalue weighted by atomic mass is 32.1. The molecule has 2 rings (SSSR count). The molecule has 0 fully saturated rings. The first-order valence-corrected chi connectivity index (χ1v) is 7.21. The van der Waals surface area contributed by atoms with Gasteiger partial charge in [-0.1, -0.05) is 0 Å². The van der Waals surface area contributed by atoms with E-state index >= 15 is 0 Å². The van der Waals surface area contributed by atoms with Crippen molar-refractivity contribution < 1.29 is 27.5 Å². The van der Waals surface area contributed by atoms with Crippen molar-refractivity contribution >= 4 is 28.2 Å². The number of carbonyl (C=O) groups excluding carboxylic acids is 2. The molecule has 0 unspecified atom stereocenters. The fourth-order valence-electron chi connectivity index (χ4n) is 1.83. The monoisotopic (exact) mass is 343 g/mol. The molecule has 0 spiro atoms. The molecule has 1 amide bonds. The number of alkyl halides is 3. The predicted molar refractivity (Wildman–Crippen MR) is 79.8 cm³/mol. The number of hydrogen-bond acceptors (Lipinski definition) is 4. The summed E-state index contributed by atoms with van der Waals surface area (Å²) in [6, 6.07) is 5.47. The molecule has 2 aromatic rings. The molecule has 0 aliphatic heterocycles. The van der Waals surface area contributed by atoms with Gasteiger partial charge in [0.25, 0.3) is 5.91 Å². The Bertz CT molecular complexity index is 735. The van der Waals surface area contributed by atoms with Crippen LogP contribution in [0, 0.1) is 6.92 Å². The number of halogens is 3. The molecule has 0 saturated heterocycles. The van der Waals surface area contributed by atoms with E-state index in [4.69, 9.17) is 0 Å². The van der Waals surface area contributed by atoms with Gasteiger partial charge in [0.1, 0.15) is 4.88 Å². The van der Waals surface area contributed by atoms with Gasteiger partial charge >= 0.3 is 12.1 Å². The van der Waals surface area contributed by atoms with Crippen molar-refractivity contribution in [2.45, 2.75) is 13.1 Å². The summed E-state index contributed by atoms with van der Waals surface area (Å²) < 4.78 is 42.1. The van der Waals surface area contributed by atoms with Crippen LogP contribution in [0.25, 0.3) is 0 Å². The summed E-state index contributed by atoms with van der Waals surface area (Å²) in [5, 5.41) is 2.96. The van der Waals surface area contributed by atoms with Gasteiger partial charge in [-0.2, -0.15) is 13.2 Å². The molecular formula is C15H12F3NO3S. The van der Waals surface area contributed by atoms with Gasteiger partial charge in [-0.15, -0.1) is 11.3 Å². The van der Waals surface area contributed by atoms with E-state index in [1.54, 1.807) is 13.0 Å². The molecule has 122 valence electrons. The summed E-state index contributed by atoms with van der Waals surface area (Å²) in [6.45, 7) is 1.69. The Labute approximate surface area is 133 Å². The highest BCUT2D eigenvalue weighted by Gasteiger charge is 2.30. The predicted octanol–water partition coefficient (Wildman–Crippen LogP) is 4.11. The summed E-state index contributed by atoms with van der Waals surface area (Å²) in [5.41, 5.74) is -0.0952. The molecule has 23 heavy (non-hydrogen) atoms. The smallest absolute Gasteiger partial charge is 0.416 e. The Morgan fingerprint density at radius 3 is 2.30 bits per heavy atom. The first-order valence-electron chi connectivity index (χ1n) is 6.39. The van der Waals surface area contributed by atoms with Crippen LogP contribution < -0.4 is 5.32 Å². The van der Waals surface area contributed by atoms with Gasteiger partial charge in [0.2, 0.25) is 0 Å². The molecule has 0 bridgehead atoms. The van der Waals surface area contributed by atoms with Crippen LogP contribution in [-0.2, 0) is 10.9 Å². The molecule has 0 radical (unpaired) electrons. The summed E-state index contributed by atoms with van der Waals surface area (Å²) in [5.74, 6) is -1.07. The zero-order valence-corrected chi connectivity index (χ0v) is 13.0. The minimum atomic E-state index is -4.45. The fourth-order valence-corrected chi connectivity index (χ4v) is 2.82. The Balaban J connectivity index is 2.15. The number of benzene rings is 1. The standard InChI is InChI=1S/C15H12F3NO3S/c1-8-7-11(23-12(8)14(21)22-2)19-13(20)9-3-5-10(6-4-9)15(16,17)18/h3-7H,1-2H3,(H,19,20). The third-order valence-electron chi connectivity index (χ3n) is 3.00. The van der Waals surface area contributed by atoms with Crippen LogP contribution in [0.5, 0.6) is 0 Å². The van der Waals surface area contributed by atoms with Crippen molar-refractivity contribution in [3.63, 3.8) is 0 Å². The largest absolute Gasteiger partial charge is 0.465 e. The molecule has 4 nitrogen and oxygen atoms in total. The number of carbonyl (C=O) groups is 2. The number of esters is 1. The Morgan fingerprint density at radius 2 is 1.78 bits per heavy atom. The summed E-state index contributed by atoms with van der Waals surface area (Å²) in [6.07, 6.45) is -4.45. The number of thiophene rings is 1. The number of rotatable bonds is 3. The molecule has 1 heterocycles. The molecule has 8 heteroatoms. The Kier molecular flexibility index (Phi) is 4.74. The third-order valence-corrected chi connectivity index (χ3v) is 4.13. The van der Waals surface area contributed by atoms with E-state index in [-0.39, 0.29) is 5.56 Å². The molecule has 1 aromatic heterocycles. The molecule has 1 aromatic carbocycles. The highest BCUT2D eigenvalue weighted by molar-refractivity contribution is 7.18. The van der Waals surface area contributed by atoms with Gasteiger partial charge in [0, 0.05) is 5.56 Å². The van der Waals surface area contributed by atoms with Crippen molar-refractivity contribution in [1.82, 2.24) is 0 Å². The molecule has 0 atom stereocenters. The minimum absolute atomic E-state index is 0.0867. The summed E-state index contributed by atoms with van der Waals surface area (Å²) in [7, 11) is 1.25. The number of amides is 1. The van der Waals surface area contributed by atoms with Crippen LogP contribution in [0.1, 0.15) is 31.2 Å². The first-order chi connectivity index (χ1) is 10.7. The maximum atomic E-state index is 12.5. The lowest BCUT2D eigenvalue weighted by Gasteiger charge is -2.07. The van der Waals surface area contributed by atoms with E-state index in [1.807, 2.05) is 0 Å². The summed E-state index contributed by atoms with van der Waals surface area (Å²) >= 11 is 1.04. The molecular weight excluding hydrogens is 331 g/mol. The molecule has 0 aliphatic carbocycles. The van der Waals surface area contributed by atoms with Gasteiger partial charge in [-0.25, -0.2) is 4.79 Å². The number of hydrogen-bond donors (Lipinski definition) is 1. The van der Waals surface area contributed by atoms with Crippen LogP contribution >= 0.6 is 11.3 Å². The number of aryl methyl sites for hydroxylation is 1. The van der Waals surface area contributed by atoms with E-state index < -0.39 is 23.6 Å². The van der Waals surface area contributed by atoms with Crippen LogP contribution in [0.2, 0.25) is 0 Å². The lowest BCUT2D eigenvalue weighted by Crippen LogP contribution is -2.12. The quantitative estimate of drug-likeness (QED) is 0.853. The summed E-state index contributed by atoms with van der Waals surface area (Å²) in [4.78, 5) is 23.9. The number of methoxy groups -OCH3 is 1. The maximum absolute atomic E-state index is 12.5. The molecule has 1 N–H and O–H groups in total. The van der Waals surface area contributed by atoms with E-state index in [0.29, 0.717) is 15.4 Å². The van der Waals surface area contributed by atoms with Crippen LogP contribution in [0.15, 0.2) is 30.3 Å². The molecule has 0 saturated carbocycles. The zero-order valence-electron chi connectivity index (χ0n) is 12.2. The van der Waals surface area contributed by atoms with Crippen molar-refractivity contribution in [1.29, 1.82) is 0 Å². The van der Waals surface area contributed by atoms with Crippen LogP contribution in [0.3, 0.4) is 0 Å². The van der Waals surface area contributed by atoms with Gasteiger partial charge in [-0.3, -0.25) is 4.79 Å². The van der Waals surface area contributed by atoms with Gasteiger partial charge in [-0.05, 0) is 42.8 Å². The van der Waals surface area contributed by atoms with Crippen molar-refractivity contribution in [3.8, 4) is 0 Å². The average Bonchev–Trinajstić information content (AvgIpc) is 2.86. The normalized spacial score (nSPS) is 11.2. The SMILES string of the molecule is COC(=O)c1sc(NC(=O)c2ccc(C(F)(F)F)cc2)cc1C. The van der Waals surface area contributed by atoms with Crippen LogP contribution in [-0.4, -0.2) is 19.0 Å². The lowest BCUT2D eigenvalue weighted by molar-refractivity contribution is -0.137. The topological polar surface area (TPSA) is 55.4 Å². The van der Waals surface area contributed by atoms with Crippen molar-refractivity contribution in [2.75, 3.05) is 12.4 Å². The van der Waals surface area contributed by atoms with E-state index in [9.17, 15) is 22.8 Å². The van der Waals surface area contributed by atoms with Crippen molar-refractivity contribution in [2.24, 2.45) is 0 Å². The van der Waals surface area contributed by atoms with E-state index in [0.717, 1.165) is 35.6 Å². The lowest BCUT2D eigenvalue weighted by atomic mass is 10.1. The number of ether oxygens (including phenoxy) is 1. The fraction of sp³-hybridized carbons (Fsp3) is 0.200. The minimum Gasteiger partial charge on any atom is -0.465 e. The highest BCUT2D eigenvalue weighted by Crippen LogP contribution is 2.30. The third kappa shape index (κ3) is 3.89. The van der Waals surface area contributed by atoms with Gasteiger partial charge in [0.05, 0.1) is 17.7 Å². The zero-order chi connectivity index (χ0) is 17.2. The Hall–Kier alpha value is -2.35. The number of anilines is 1. The second-order valence-corrected chi connectivity index (χ2v) is 5.70. The van der Waals surface area contributed by atoms with Crippen molar-refractivity contribution in [3.05, 3.63) is 51.9 Å². The van der Waals surface area contributed by atoms with E-state index in [2.05, 4.69) is 10.1 Å². The van der Waals surface area contributed by atoms with E-state index in [1.165, 1.54) is 7.11 Å². The first kappa shape index (κ1) is 17.0. The number of nitrogens with one attached hydrogen (secondary N) is 1. The molecule has 0 aliphatic rings. The van der Waals surface area contributed by atoms with Gasteiger partial charge < -0.3 is 10.1 Å².